The SMILES string of the molecule is CCCCN(B1OC(C)(C)C(C)(C)O1)B1OC(C)(C)C(C)(C)O1. The van der Waals surface area contributed by atoms with Crippen molar-refractivity contribution in [2.75, 3.05) is 6.54 Å². The third-order valence-corrected chi connectivity index (χ3v) is 5.79. The van der Waals surface area contributed by atoms with Gasteiger partial charge in [0.15, 0.2) is 0 Å². The van der Waals surface area contributed by atoms with Gasteiger partial charge in [-0.15, -0.1) is 0 Å². The molecule has 0 unspecified atom stereocenters. The molecule has 2 fully saturated rings. The van der Waals surface area contributed by atoms with Gasteiger partial charge in [-0.1, -0.05) is 13.3 Å². The third-order valence-electron chi connectivity index (χ3n) is 5.79. The van der Waals surface area contributed by atoms with Gasteiger partial charge in [0.1, 0.15) is 0 Å². The Labute approximate surface area is 142 Å². The molecule has 5 nitrogen and oxygen atoms in total. The van der Waals surface area contributed by atoms with E-state index in [1.165, 1.54) is 0 Å². The van der Waals surface area contributed by atoms with Crippen molar-refractivity contribution in [2.24, 2.45) is 0 Å². The fraction of sp³-hybridized carbons (Fsp3) is 1.00. The zero-order valence-corrected chi connectivity index (χ0v) is 16.4. The zero-order chi connectivity index (χ0) is 17.7. The Morgan fingerprint density at radius 2 is 0.957 bits per heavy atom. The first-order valence-electron chi connectivity index (χ1n) is 8.80. The molecule has 132 valence electrons. The van der Waals surface area contributed by atoms with Crippen LogP contribution in [0.5, 0.6) is 0 Å². The van der Waals surface area contributed by atoms with Gasteiger partial charge in [0.2, 0.25) is 0 Å². The summed E-state index contributed by atoms with van der Waals surface area (Å²) in [6.45, 7) is 19.5. The molecule has 7 heteroatoms. The van der Waals surface area contributed by atoms with Crippen LogP contribution in [0.1, 0.15) is 75.2 Å². The summed E-state index contributed by atoms with van der Waals surface area (Å²) >= 11 is 0. The molecule has 0 aromatic heterocycles. The molecule has 2 aliphatic rings. The standard InChI is InChI=1S/C16H33B2NO4/c1-10-11-12-19(17-20-13(2,3)14(4,5)21-17)18-22-15(6,7)16(8,9)23-18/h10-12H2,1-9H3. The third kappa shape index (κ3) is 3.49. The van der Waals surface area contributed by atoms with Crippen molar-refractivity contribution < 1.29 is 18.6 Å². The number of hydrogen-bond acceptors (Lipinski definition) is 5. The van der Waals surface area contributed by atoms with E-state index in [-0.39, 0.29) is 22.4 Å². The van der Waals surface area contributed by atoms with Crippen molar-refractivity contribution in [1.29, 1.82) is 0 Å². The highest BCUT2D eigenvalue weighted by atomic mass is 16.7. The first-order chi connectivity index (χ1) is 10.3. The summed E-state index contributed by atoms with van der Waals surface area (Å²) in [4.78, 5) is 0. The van der Waals surface area contributed by atoms with Crippen LogP contribution in [0, 0.1) is 0 Å². The van der Waals surface area contributed by atoms with Crippen LogP contribution in [0.3, 0.4) is 0 Å². The van der Waals surface area contributed by atoms with E-state index in [9.17, 15) is 0 Å². The van der Waals surface area contributed by atoms with Crippen LogP contribution in [-0.2, 0) is 18.6 Å². The first-order valence-corrected chi connectivity index (χ1v) is 8.80. The summed E-state index contributed by atoms with van der Waals surface area (Å²) < 4.78 is 26.9. The topological polar surface area (TPSA) is 40.2 Å². The van der Waals surface area contributed by atoms with Crippen molar-refractivity contribution in [1.82, 2.24) is 4.72 Å². The lowest BCUT2D eigenvalue weighted by molar-refractivity contribution is 0.00578. The maximum absolute atomic E-state index is 6.22. The molecule has 0 aliphatic carbocycles. The lowest BCUT2D eigenvalue weighted by Gasteiger charge is -2.32. The largest absolute Gasteiger partial charge is 0.551 e. The molecule has 23 heavy (non-hydrogen) atoms. The monoisotopic (exact) mass is 325 g/mol. The predicted molar refractivity (Wildman–Crippen MR) is 93.8 cm³/mol. The van der Waals surface area contributed by atoms with Crippen LogP contribution in [0.2, 0.25) is 0 Å². The number of rotatable bonds is 5. The quantitative estimate of drug-likeness (QED) is 0.726. The smallest absolute Gasteiger partial charge is 0.390 e. The van der Waals surface area contributed by atoms with Crippen LogP contribution >= 0.6 is 0 Å². The number of unbranched alkanes of at least 4 members (excludes halogenated alkanes) is 1. The summed E-state index contributed by atoms with van der Waals surface area (Å²) in [5, 5.41) is 0. The van der Waals surface area contributed by atoms with E-state index in [2.05, 4.69) is 67.0 Å². The van der Waals surface area contributed by atoms with E-state index in [0.717, 1.165) is 19.4 Å². The molecule has 2 heterocycles. The molecule has 0 spiro atoms. The highest BCUT2D eigenvalue weighted by molar-refractivity contribution is 6.60. The minimum Gasteiger partial charge on any atom is -0.390 e. The second kappa shape index (κ2) is 6.03. The number of nitrogens with zero attached hydrogens (tertiary/aromatic N) is 1. The van der Waals surface area contributed by atoms with Crippen molar-refractivity contribution in [3.05, 3.63) is 0 Å². The summed E-state index contributed by atoms with van der Waals surface area (Å²) in [7, 11) is -0.914. The van der Waals surface area contributed by atoms with Crippen LogP contribution in [-0.4, -0.2) is 48.2 Å². The Morgan fingerprint density at radius 1 is 0.652 bits per heavy atom. The molecule has 0 atom stereocenters. The Bertz CT molecular complexity index is 372. The summed E-state index contributed by atoms with van der Waals surface area (Å²) in [5.41, 5.74) is -1.48. The molecule has 0 N–H and O–H groups in total. The minimum absolute atomic E-state index is 0.369. The molecule has 2 aliphatic heterocycles. The molecular weight excluding hydrogens is 292 g/mol. The van der Waals surface area contributed by atoms with E-state index < -0.39 is 14.5 Å². The second-order valence-corrected chi connectivity index (χ2v) is 8.72. The number of hydrogen-bond donors (Lipinski definition) is 0. The average Bonchev–Trinajstić information content (AvgIpc) is 2.69. The zero-order valence-electron chi connectivity index (χ0n) is 16.4. The molecule has 0 aromatic rings. The summed E-state index contributed by atoms with van der Waals surface area (Å²) in [6.07, 6.45) is 2.13. The van der Waals surface area contributed by atoms with Gasteiger partial charge in [-0.2, -0.15) is 0 Å². The van der Waals surface area contributed by atoms with Crippen LogP contribution < -0.4 is 0 Å². The second-order valence-electron chi connectivity index (χ2n) is 8.72. The van der Waals surface area contributed by atoms with Gasteiger partial charge in [0.05, 0.1) is 22.4 Å². The lowest BCUT2D eigenvalue weighted by atomic mass is 9.88. The van der Waals surface area contributed by atoms with Crippen LogP contribution in [0.15, 0.2) is 0 Å². The van der Waals surface area contributed by atoms with E-state index >= 15 is 0 Å². The summed E-state index contributed by atoms with van der Waals surface area (Å²) in [6, 6.07) is 0. The van der Waals surface area contributed by atoms with E-state index in [1.54, 1.807) is 0 Å². The fourth-order valence-electron chi connectivity index (χ4n) is 2.55. The van der Waals surface area contributed by atoms with Gasteiger partial charge >= 0.3 is 14.5 Å². The first kappa shape index (κ1) is 19.3. The molecule has 0 amide bonds. The van der Waals surface area contributed by atoms with Crippen molar-refractivity contribution in [3.63, 3.8) is 0 Å². The molecule has 0 saturated carbocycles. The minimum atomic E-state index is -0.457. The van der Waals surface area contributed by atoms with Gasteiger partial charge in [-0.3, -0.25) is 4.72 Å². The fourth-order valence-corrected chi connectivity index (χ4v) is 2.55. The normalized spacial score (nSPS) is 27.9. The molecule has 0 radical (unpaired) electrons. The molecular formula is C16H33B2NO4. The Morgan fingerprint density at radius 3 is 1.22 bits per heavy atom. The van der Waals surface area contributed by atoms with E-state index in [4.69, 9.17) is 18.6 Å². The van der Waals surface area contributed by atoms with Gasteiger partial charge in [-0.05, 0) is 68.4 Å². The molecule has 0 bridgehead atoms. The van der Waals surface area contributed by atoms with Crippen LogP contribution in [0.4, 0.5) is 0 Å². The van der Waals surface area contributed by atoms with Crippen molar-refractivity contribution in [3.8, 4) is 0 Å². The maximum atomic E-state index is 6.22. The summed E-state index contributed by atoms with van der Waals surface area (Å²) in [5.74, 6) is 0. The Balaban J connectivity index is 2.20. The Hall–Kier alpha value is -0.0701. The van der Waals surface area contributed by atoms with Crippen molar-refractivity contribution >= 4 is 14.5 Å². The van der Waals surface area contributed by atoms with Crippen molar-refractivity contribution in [2.45, 2.75) is 97.6 Å². The van der Waals surface area contributed by atoms with Crippen LogP contribution in [0.25, 0.3) is 0 Å². The molecule has 2 rings (SSSR count). The van der Waals surface area contributed by atoms with E-state index in [0.29, 0.717) is 0 Å². The van der Waals surface area contributed by atoms with Gasteiger partial charge in [0.25, 0.3) is 0 Å². The average molecular weight is 325 g/mol. The van der Waals surface area contributed by atoms with Gasteiger partial charge < -0.3 is 18.6 Å². The molecule has 0 aromatic carbocycles. The maximum Gasteiger partial charge on any atom is 0.551 e. The molecule has 2 saturated heterocycles. The van der Waals surface area contributed by atoms with E-state index in [1.807, 2.05) is 0 Å². The highest BCUT2D eigenvalue weighted by Gasteiger charge is 2.61. The lowest BCUT2D eigenvalue weighted by Crippen LogP contribution is -2.53. The Kier molecular flexibility index (Phi) is 5.04. The highest BCUT2D eigenvalue weighted by Crippen LogP contribution is 2.41. The van der Waals surface area contributed by atoms with Gasteiger partial charge in [-0.25, -0.2) is 0 Å². The predicted octanol–water partition coefficient (Wildman–Crippen LogP) is 3.27. The van der Waals surface area contributed by atoms with Gasteiger partial charge in [0, 0.05) is 0 Å².